The Bertz CT molecular complexity index is 1720. The average Bonchev–Trinajstić information content (AvgIpc) is 2.98. The smallest absolute Gasteiger partial charge is 0.333 e. The van der Waals surface area contributed by atoms with Crippen LogP contribution in [0.15, 0.2) is 52.2 Å². The molecule has 2 aliphatic rings. The largest absolute Gasteiger partial charge is 0.482 e. The summed E-state index contributed by atoms with van der Waals surface area (Å²) in [4.78, 5) is 48.7. The molecule has 1 saturated heterocycles. The number of ether oxygens (including phenoxy) is 1. The molecule has 41 heavy (non-hydrogen) atoms. The fourth-order valence-electron chi connectivity index (χ4n) is 6.03. The molecular formula is C30H32FN5O4S. The van der Waals surface area contributed by atoms with Crippen molar-refractivity contribution in [3.63, 3.8) is 0 Å². The van der Waals surface area contributed by atoms with E-state index in [0.717, 1.165) is 41.4 Å². The number of rotatable bonds is 6. The van der Waals surface area contributed by atoms with Gasteiger partial charge in [-0.3, -0.25) is 18.7 Å². The fourth-order valence-corrected chi connectivity index (χ4v) is 7.11. The Hall–Kier alpha value is -3.73. The van der Waals surface area contributed by atoms with E-state index in [4.69, 9.17) is 4.74 Å². The molecule has 1 saturated carbocycles. The minimum atomic E-state index is -0.603. The molecule has 4 heterocycles. The maximum absolute atomic E-state index is 14.1. The van der Waals surface area contributed by atoms with Crippen molar-refractivity contribution in [3.8, 4) is 5.75 Å². The van der Waals surface area contributed by atoms with Crippen LogP contribution < -0.4 is 21.3 Å². The lowest BCUT2D eigenvalue weighted by atomic mass is 9.91. The number of para-hydroxylation sites is 1. The topological polar surface area (TPSA) is 108 Å². The first-order valence-corrected chi connectivity index (χ1v) is 15.2. The minimum Gasteiger partial charge on any atom is -0.482 e. The average molecular weight is 578 g/mol. The van der Waals surface area contributed by atoms with E-state index in [1.807, 2.05) is 49.0 Å². The van der Waals surface area contributed by atoms with Gasteiger partial charge in [-0.1, -0.05) is 18.2 Å². The quantitative estimate of drug-likeness (QED) is 0.364. The molecule has 1 aliphatic carbocycles. The molecule has 11 heteroatoms. The minimum absolute atomic E-state index is 0.0758. The SMILES string of the molecule is Cc1nc2ccccc2cc1OCC(=O)NC1CCC(n2c(=O)c3cc(F)cnc3n(C3CCSCC3)c2=O)CC1. The Labute approximate surface area is 240 Å². The van der Waals surface area contributed by atoms with Crippen LogP contribution in [0.5, 0.6) is 5.75 Å². The zero-order chi connectivity index (χ0) is 28.5. The summed E-state index contributed by atoms with van der Waals surface area (Å²) in [5.74, 6) is 1.57. The molecule has 1 aromatic carbocycles. The van der Waals surface area contributed by atoms with Crippen molar-refractivity contribution < 1.29 is 13.9 Å². The van der Waals surface area contributed by atoms with E-state index < -0.39 is 11.4 Å². The van der Waals surface area contributed by atoms with Gasteiger partial charge in [-0.15, -0.1) is 0 Å². The normalized spacial score (nSPS) is 19.9. The van der Waals surface area contributed by atoms with Crippen LogP contribution in [0.3, 0.4) is 0 Å². The van der Waals surface area contributed by atoms with Crippen molar-refractivity contribution >= 4 is 39.6 Å². The molecule has 1 aliphatic heterocycles. The summed E-state index contributed by atoms with van der Waals surface area (Å²) in [6.07, 6.45) is 4.97. The number of halogens is 1. The van der Waals surface area contributed by atoms with Crippen molar-refractivity contribution in [2.45, 2.75) is 63.6 Å². The monoisotopic (exact) mass is 577 g/mol. The highest BCUT2D eigenvalue weighted by Crippen LogP contribution is 2.30. The van der Waals surface area contributed by atoms with E-state index in [0.29, 0.717) is 37.1 Å². The van der Waals surface area contributed by atoms with E-state index in [2.05, 4.69) is 15.3 Å². The number of fused-ring (bicyclic) bond motifs is 2. The van der Waals surface area contributed by atoms with Crippen molar-refractivity contribution in [1.82, 2.24) is 24.4 Å². The van der Waals surface area contributed by atoms with Crippen molar-refractivity contribution in [1.29, 1.82) is 0 Å². The highest BCUT2D eigenvalue weighted by Gasteiger charge is 2.29. The number of carbonyl (C=O) groups excluding carboxylic acids is 1. The maximum Gasteiger partial charge on any atom is 0.333 e. The van der Waals surface area contributed by atoms with Crippen LogP contribution in [0.2, 0.25) is 0 Å². The van der Waals surface area contributed by atoms with Gasteiger partial charge in [0.25, 0.3) is 11.5 Å². The fraction of sp³-hybridized carbons (Fsp3) is 0.433. The standard InChI is InChI=1S/C30H32FN5O4S/c1-18-26(14-19-4-2-3-5-25(19)33-18)40-17-27(37)34-21-6-8-22(9-7-21)36-29(38)24-15-20(31)16-32-28(24)35(30(36)39)23-10-12-41-13-11-23/h2-5,14-16,21-23H,6-13,17H2,1H3,(H,34,37). The van der Waals surface area contributed by atoms with Crippen LogP contribution in [-0.2, 0) is 4.79 Å². The lowest BCUT2D eigenvalue weighted by molar-refractivity contribution is -0.124. The zero-order valence-corrected chi connectivity index (χ0v) is 23.7. The van der Waals surface area contributed by atoms with Crippen molar-refractivity contribution in [2.75, 3.05) is 18.1 Å². The molecule has 214 valence electrons. The summed E-state index contributed by atoms with van der Waals surface area (Å²) in [5, 5.41) is 4.10. The van der Waals surface area contributed by atoms with Gasteiger partial charge in [-0.2, -0.15) is 11.8 Å². The van der Waals surface area contributed by atoms with Gasteiger partial charge in [0.2, 0.25) is 0 Å². The van der Waals surface area contributed by atoms with Crippen LogP contribution in [0.25, 0.3) is 21.9 Å². The predicted molar refractivity (Wildman–Crippen MR) is 157 cm³/mol. The number of thioether (sulfide) groups is 1. The number of benzene rings is 1. The third-order valence-electron chi connectivity index (χ3n) is 8.13. The lowest BCUT2D eigenvalue weighted by Gasteiger charge is -2.31. The highest BCUT2D eigenvalue weighted by atomic mass is 32.2. The molecule has 1 amide bonds. The van der Waals surface area contributed by atoms with E-state index in [1.54, 1.807) is 4.57 Å². The molecule has 3 aromatic heterocycles. The van der Waals surface area contributed by atoms with Gasteiger partial charge < -0.3 is 10.1 Å². The van der Waals surface area contributed by atoms with Gasteiger partial charge in [-0.25, -0.2) is 19.2 Å². The number of carbonyl (C=O) groups is 1. The number of pyridine rings is 2. The first kappa shape index (κ1) is 27.4. The molecule has 9 nitrogen and oxygen atoms in total. The van der Waals surface area contributed by atoms with Crippen LogP contribution in [0.1, 0.15) is 56.3 Å². The summed E-state index contributed by atoms with van der Waals surface area (Å²) in [6, 6.07) is 10.3. The second kappa shape index (κ2) is 11.6. The van der Waals surface area contributed by atoms with Crippen LogP contribution in [0.4, 0.5) is 4.39 Å². The third kappa shape index (κ3) is 5.59. The molecule has 0 bridgehead atoms. The number of hydrogen-bond donors (Lipinski definition) is 1. The highest BCUT2D eigenvalue weighted by molar-refractivity contribution is 7.99. The maximum atomic E-state index is 14.1. The van der Waals surface area contributed by atoms with Crippen LogP contribution in [0, 0.1) is 12.7 Å². The Balaban J connectivity index is 1.14. The molecule has 6 rings (SSSR count). The van der Waals surface area contributed by atoms with Crippen molar-refractivity contribution in [3.05, 3.63) is 74.9 Å². The summed E-state index contributed by atoms with van der Waals surface area (Å²) in [5.41, 5.74) is 0.963. The van der Waals surface area contributed by atoms with E-state index >= 15 is 0 Å². The van der Waals surface area contributed by atoms with E-state index in [9.17, 15) is 18.8 Å². The summed E-state index contributed by atoms with van der Waals surface area (Å²) in [7, 11) is 0. The Morgan fingerprint density at radius 1 is 1.05 bits per heavy atom. The molecule has 0 radical (unpaired) electrons. The van der Waals surface area contributed by atoms with Crippen molar-refractivity contribution in [2.24, 2.45) is 0 Å². The van der Waals surface area contributed by atoms with Gasteiger partial charge in [-0.05, 0) is 75.2 Å². The predicted octanol–water partition coefficient (Wildman–Crippen LogP) is 4.30. The number of hydrogen-bond acceptors (Lipinski definition) is 7. The summed E-state index contributed by atoms with van der Waals surface area (Å²) in [6.45, 7) is 1.72. The number of aromatic nitrogens is 4. The number of aryl methyl sites for hydroxylation is 1. The van der Waals surface area contributed by atoms with Gasteiger partial charge in [0.15, 0.2) is 6.61 Å². The molecule has 0 spiro atoms. The molecule has 4 aromatic rings. The first-order chi connectivity index (χ1) is 19.9. The Morgan fingerprint density at radius 3 is 2.56 bits per heavy atom. The van der Waals surface area contributed by atoms with E-state index in [1.165, 1.54) is 10.6 Å². The molecule has 0 unspecified atom stereocenters. The Morgan fingerprint density at radius 2 is 1.78 bits per heavy atom. The number of nitrogens with zero attached hydrogens (tertiary/aromatic N) is 4. The number of amides is 1. The summed E-state index contributed by atoms with van der Waals surface area (Å²) < 4.78 is 22.9. The Kier molecular flexibility index (Phi) is 7.79. The van der Waals surface area contributed by atoms with Gasteiger partial charge >= 0.3 is 5.69 Å². The second-order valence-corrected chi connectivity index (χ2v) is 12.0. The van der Waals surface area contributed by atoms with Crippen LogP contribution in [-0.4, -0.2) is 49.2 Å². The molecular weight excluding hydrogens is 545 g/mol. The molecule has 2 fully saturated rings. The van der Waals surface area contributed by atoms with Gasteiger partial charge in [0.1, 0.15) is 17.2 Å². The molecule has 1 N–H and O–H groups in total. The molecule has 0 atom stereocenters. The van der Waals surface area contributed by atoms with Gasteiger partial charge in [0.05, 0.1) is 22.8 Å². The first-order valence-electron chi connectivity index (χ1n) is 14.1. The number of nitrogens with one attached hydrogen (secondary N) is 1. The van der Waals surface area contributed by atoms with Crippen LogP contribution >= 0.6 is 11.8 Å². The summed E-state index contributed by atoms with van der Waals surface area (Å²) >= 11 is 1.84. The second-order valence-electron chi connectivity index (χ2n) is 10.8. The zero-order valence-electron chi connectivity index (χ0n) is 22.8. The van der Waals surface area contributed by atoms with E-state index in [-0.39, 0.29) is 47.4 Å². The van der Waals surface area contributed by atoms with Gasteiger partial charge in [0, 0.05) is 23.5 Å². The third-order valence-corrected chi connectivity index (χ3v) is 9.18. The lowest BCUT2D eigenvalue weighted by Crippen LogP contribution is -2.47.